The maximum absolute atomic E-state index is 6.43. The van der Waals surface area contributed by atoms with Crippen molar-refractivity contribution >= 4 is 92.3 Å². The highest BCUT2D eigenvalue weighted by Gasteiger charge is 2.22. The zero-order valence-electron chi connectivity index (χ0n) is 31.3. The Hall–Kier alpha value is -7.40. The molecule has 3 nitrogen and oxygen atoms in total. The summed E-state index contributed by atoms with van der Waals surface area (Å²) in [6, 6.07) is 74.3. The molecule has 0 fully saturated rings. The number of hydrogen-bond donors (Lipinski definition) is 0. The van der Waals surface area contributed by atoms with Gasteiger partial charge < -0.3 is 13.9 Å². The highest BCUT2D eigenvalue weighted by atomic mass is 32.1. The van der Waals surface area contributed by atoms with E-state index in [4.69, 9.17) is 4.42 Å². The molecule has 0 amide bonds. The fourth-order valence-corrected chi connectivity index (χ4v) is 10.2. The second-order valence-corrected chi connectivity index (χ2v) is 15.9. The highest BCUT2D eigenvalue weighted by molar-refractivity contribution is 7.26. The largest absolute Gasteiger partial charge is 0.455 e. The van der Waals surface area contributed by atoms with Crippen molar-refractivity contribution < 1.29 is 4.42 Å². The van der Waals surface area contributed by atoms with Crippen molar-refractivity contribution in [2.24, 2.45) is 0 Å². The Morgan fingerprint density at radius 1 is 0.414 bits per heavy atom. The van der Waals surface area contributed by atoms with E-state index in [2.05, 4.69) is 204 Å². The van der Waals surface area contributed by atoms with E-state index in [1.54, 1.807) is 0 Å². The quantitative estimate of drug-likeness (QED) is 0.168. The number of hydrogen-bond acceptors (Lipinski definition) is 3. The molecule has 3 heterocycles. The van der Waals surface area contributed by atoms with Crippen LogP contribution in [0.4, 0.5) is 17.1 Å². The minimum Gasteiger partial charge on any atom is -0.455 e. The van der Waals surface area contributed by atoms with Gasteiger partial charge in [0.15, 0.2) is 0 Å². The van der Waals surface area contributed by atoms with Gasteiger partial charge in [-0.1, -0.05) is 140 Å². The molecule has 12 rings (SSSR count). The van der Waals surface area contributed by atoms with E-state index in [0.29, 0.717) is 0 Å². The van der Waals surface area contributed by atoms with Crippen LogP contribution in [0, 0.1) is 0 Å². The molecule has 0 saturated carbocycles. The minimum atomic E-state index is 0.909. The van der Waals surface area contributed by atoms with Gasteiger partial charge >= 0.3 is 0 Å². The van der Waals surface area contributed by atoms with Crippen LogP contribution < -0.4 is 4.90 Å². The molecule has 58 heavy (non-hydrogen) atoms. The molecule has 9 aromatic carbocycles. The number of benzene rings is 9. The van der Waals surface area contributed by atoms with E-state index in [0.717, 1.165) is 55.8 Å². The van der Waals surface area contributed by atoms with Crippen molar-refractivity contribution in [3.63, 3.8) is 0 Å². The van der Waals surface area contributed by atoms with Gasteiger partial charge in [0, 0.05) is 64.3 Å². The summed E-state index contributed by atoms with van der Waals surface area (Å²) >= 11 is 1.87. The van der Waals surface area contributed by atoms with E-state index < -0.39 is 0 Å². The standard InChI is InChI=1S/C54H34N2OS/c1-2-13-37(14-3-1)55(38-29-25-35(26-30-38)40-19-12-20-45-44-17-6-10-23-50(44)57-53(40)45)49-34-33-41(54-52(49)46-18-7-11-24-51(46)58-54)36-27-31-39(32-28-36)56-47-21-8-4-15-42(47)43-16-5-9-22-48(43)56/h1-34H. The lowest BCUT2D eigenvalue weighted by Gasteiger charge is -2.27. The molecule has 0 spiro atoms. The molecule has 3 aromatic heterocycles. The maximum Gasteiger partial charge on any atom is 0.143 e. The van der Waals surface area contributed by atoms with Crippen molar-refractivity contribution in [1.29, 1.82) is 0 Å². The lowest BCUT2D eigenvalue weighted by molar-refractivity contribution is 0.670. The van der Waals surface area contributed by atoms with Gasteiger partial charge in [-0.05, 0) is 83.4 Å². The normalized spacial score (nSPS) is 11.8. The van der Waals surface area contributed by atoms with Crippen molar-refractivity contribution in [3.05, 3.63) is 206 Å². The second-order valence-electron chi connectivity index (χ2n) is 14.8. The molecular weight excluding hydrogens is 725 g/mol. The van der Waals surface area contributed by atoms with Gasteiger partial charge in [0.25, 0.3) is 0 Å². The van der Waals surface area contributed by atoms with Crippen LogP contribution in [0.3, 0.4) is 0 Å². The second kappa shape index (κ2) is 13.1. The molecule has 0 aliphatic carbocycles. The zero-order valence-corrected chi connectivity index (χ0v) is 32.2. The van der Waals surface area contributed by atoms with Gasteiger partial charge in [-0.3, -0.25) is 0 Å². The molecule has 0 unspecified atom stereocenters. The van der Waals surface area contributed by atoms with Crippen molar-refractivity contribution in [2.45, 2.75) is 0 Å². The molecule has 0 N–H and O–H groups in total. The van der Waals surface area contributed by atoms with Crippen LogP contribution >= 0.6 is 11.3 Å². The van der Waals surface area contributed by atoms with Crippen LogP contribution in [0.15, 0.2) is 211 Å². The summed E-state index contributed by atoms with van der Waals surface area (Å²) in [6.45, 7) is 0. The number of para-hydroxylation sites is 5. The predicted molar refractivity (Wildman–Crippen MR) is 247 cm³/mol. The molecule has 4 heteroatoms. The monoisotopic (exact) mass is 758 g/mol. The summed E-state index contributed by atoms with van der Waals surface area (Å²) in [6.07, 6.45) is 0. The summed E-state index contributed by atoms with van der Waals surface area (Å²) < 4.78 is 11.4. The third-order valence-electron chi connectivity index (χ3n) is 11.6. The Morgan fingerprint density at radius 3 is 1.76 bits per heavy atom. The average molecular weight is 759 g/mol. The zero-order chi connectivity index (χ0) is 38.2. The van der Waals surface area contributed by atoms with E-state index in [-0.39, 0.29) is 0 Å². The van der Waals surface area contributed by atoms with Gasteiger partial charge in [0.05, 0.1) is 16.7 Å². The summed E-state index contributed by atoms with van der Waals surface area (Å²) in [7, 11) is 0. The van der Waals surface area contributed by atoms with E-state index in [1.165, 1.54) is 53.1 Å². The molecule has 0 atom stereocenters. The summed E-state index contributed by atoms with van der Waals surface area (Å²) in [5.74, 6) is 0. The smallest absolute Gasteiger partial charge is 0.143 e. The van der Waals surface area contributed by atoms with Gasteiger partial charge in [-0.25, -0.2) is 0 Å². The Labute approximate surface area is 338 Å². The van der Waals surface area contributed by atoms with E-state index >= 15 is 0 Å². The molecule has 0 bridgehead atoms. The Balaban J connectivity index is 0.998. The number of thiophene rings is 1. The lowest BCUT2D eigenvalue weighted by Crippen LogP contribution is -2.10. The molecule has 12 aromatic rings. The first-order valence-corrected chi connectivity index (χ1v) is 20.5. The average Bonchev–Trinajstić information content (AvgIpc) is 3.98. The van der Waals surface area contributed by atoms with Crippen LogP contribution in [0.25, 0.3) is 91.9 Å². The van der Waals surface area contributed by atoms with Gasteiger partial charge in [0.1, 0.15) is 11.2 Å². The van der Waals surface area contributed by atoms with E-state index in [1.807, 2.05) is 23.5 Å². The van der Waals surface area contributed by atoms with Gasteiger partial charge in [0.2, 0.25) is 0 Å². The van der Waals surface area contributed by atoms with Gasteiger partial charge in [-0.2, -0.15) is 0 Å². The molecule has 0 radical (unpaired) electrons. The minimum absolute atomic E-state index is 0.909. The molecular formula is C54H34N2OS. The van der Waals surface area contributed by atoms with Crippen LogP contribution in [-0.4, -0.2) is 4.57 Å². The van der Waals surface area contributed by atoms with Crippen LogP contribution in [-0.2, 0) is 0 Å². The summed E-state index contributed by atoms with van der Waals surface area (Å²) in [5, 5.41) is 7.33. The summed E-state index contributed by atoms with van der Waals surface area (Å²) in [4.78, 5) is 2.40. The van der Waals surface area contributed by atoms with Crippen LogP contribution in [0.5, 0.6) is 0 Å². The third-order valence-corrected chi connectivity index (χ3v) is 12.8. The van der Waals surface area contributed by atoms with Crippen LogP contribution in [0.2, 0.25) is 0 Å². The van der Waals surface area contributed by atoms with Crippen LogP contribution in [0.1, 0.15) is 0 Å². The predicted octanol–water partition coefficient (Wildman–Crippen LogP) is 15.9. The molecule has 0 aliphatic rings. The first-order valence-electron chi connectivity index (χ1n) is 19.7. The van der Waals surface area contributed by atoms with Crippen molar-refractivity contribution in [2.75, 3.05) is 4.90 Å². The Kier molecular flexibility index (Phi) is 7.40. The molecule has 0 aliphatic heterocycles. The fraction of sp³-hybridized carbons (Fsp3) is 0. The maximum atomic E-state index is 6.43. The van der Waals surface area contributed by atoms with E-state index in [9.17, 15) is 0 Å². The lowest BCUT2D eigenvalue weighted by atomic mass is 9.99. The number of aromatic nitrogens is 1. The highest BCUT2D eigenvalue weighted by Crippen LogP contribution is 2.49. The molecule has 272 valence electrons. The van der Waals surface area contributed by atoms with Crippen molar-refractivity contribution in [3.8, 4) is 27.9 Å². The molecule has 0 saturated heterocycles. The van der Waals surface area contributed by atoms with Gasteiger partial charge in [-0.15, -0.1) is 11.3 Å². The van der Waals surface area contributed by atoms with Crippen molar-refractivity contribution in [1.82, 2.24) is 4.57 Å². The first kappa shape index (κ1) is 32.8. The number of rotatable bonds is 6. The summed E-state index contributed by atoms with van der Waals surface area (Å²) in [5.41, 5.74) is 13.4. The topological polar surface area (TPSA) is 21.3 Å². The third kappa shape index (κ3) is 5.05. The number of nitrogens with zero attached hydrogens (tertiary/aromatic N) is 2. The fourth-order valence-electron chi connectivity index (χ4n) is 8.98. The number of furan rings is 1. The first-order chi connectivity index (χ1) is 28.8. The SMILES string of the molecule is c1ccc(N(c2ccc(-c3cccc4c3oc3ccccc34)cc2)c2ccc(-c3ccc(-n4c5ccccc5c5ccccc54)cc3)c3sc4ccccc4c23)cc1. The number of fused-ring (bicyclic) bond motifs is 9. The Morgan fingerprint density at radius 2 is 1.00 bits per heavy atom. The number of anilines is 3. The Bertz CT molecular complexity index is 3450.